The Morgan fingerprint density at radius 3 is 2.41 bits per heavy atom. The highest BCUT2D eigenvalue weighted by Gasteiger charge is 2.10. The molecule has 0 atom stereocenters. The van der Waals surface area contributed by atoms with E-state index in [0.29, 0.717) is 5.92 Å². The minimum absolute atomic E-state index is 0.0381. The molecule has 0 saturated heterocycles. The third kappa shape index (κ3) is 4.91. The molecular weight excluding hydrogens is 206 g/mol. The van der Waals surface area contributed by atoms with Gasteiger partial charge in [0.1, 0.15) is 0 Å². The second-order valence-corrected chi connectivity index (χ2v) is 6.18. The SMILES string of the molecule is Cc1ccc(C(C)C)cc1CCCC(C)(C)N. The molecule has 0 unspecified atom stereocenters. The molecule has 0 bridgehead atoms. The second-order valence-electron chi connectivity index (χ2n) is 6.18. The average Bonchev–Trinajstić information content (AvgIpc) is 2.18. The Morgan fingerprint density at radius 2 is 1.88 bits per heavy atom. The Kier molecular flexibility index (Phi) is 4.76. The lowest BCUT2D eigenvalue weighted by Gasteiger charge is -2.18. The first-order chi connectivity index (χ1) is 7.79. The van der Waals surface area contributed by atoms with E-state index in [4.69, 9.17) is 5.73 Å². The van der Waals surface area contributed by atoms with Crippen molar-refractivity contribution in [2.24, 2.45) is 5.73 Å². The molecule has 1 rings (SSSR count). The van der Waals surface area contributed by atoms with Gasteiger partial charge in [-0.05, 0) is 62.6 Å². The molecule has 0 aromatic heterocycles. The lowest BCUT2D eigenvalue weighted by molar-refractivity contribution is 0.459. The monoisotopic (exact) mass is 233 g/mol. The average molecular weight is 233 g/mol. The van der Waals surface area contributed by atoms with Gasteiger partial charge < -0.3 is 5.73 Å². The maximum absolute atomic E-state index is 6.02. The summed E-state index contributed by atoms with van der Waals surface area (Å²) in [5.41, 5.74) is 10.3. The second kappa shape index (κ2) is 5.68. The molecule has 2 N–H and O–H groups in total. The summed E-state index contributed by atoms with van der Waals surface area (Å²) in [4.78, 5) is 0. The minimum atomic E-state index is -0.0381. The Hall–Kier alpha value is -0.820. The maximum Gasteiger partial charge on any atom is 0.00971 e. The molecule has 1 nitrogen and oxygen atoms in total. The topological polar surface area (TPSA) is 26.0 Å². The first kappa shape index (κ1) is 14.2. The molecule has 0 aliphatic heterocycles. The number of aryl methyl sites for hydroxylation is 2. The number of hydrogen-bond donors (Lipinski definition) is 1. The van der Waals surface area contributed by atoms with Crippen LogP contribution < -0.4 is 5.73 Å². The van der Waals surface area contributed by atoms with Crippen molar-refractivity contribution >= 4 is 0 Å². The van der Waals surface area contributed by atoms with Crippen LogP contribution in [0.15, 0.2) is 18.2 Å². The van der Waals surface area contributed by atoms with Crippen LogP contribution in [-0.2, 0) is 6.42 Å². The van der Waals surface area contributed by atoms with E-state index < -0.39 is 0 Å². The van der Waals surface area contributed by atoms with Crippen LogP contribution in [0.5, 0.6) is 0 Å². The van der Waals surface area contributed by atoms with Crippen LogP contribution >= 0.6 is 0 Å². The van der Waals surface area contributed by atoms with Gasteiger partial charge in [0.05, 0.1) is 0 Å². The Balaban J connectivity index is 2.67. The van der Waals surface area contributed by atoms with Gasteiger partial charge in [0.2, 0.25) is 0 Å². The zero-order valence-corrected chi connectivity index (χ0v) is 12.0. The van der Waals surface area contributed by atoms with Crippen molar-refractivity contribution in [3.63, 3.8) is 0 Å². The van der Waals surface area contributed by atoms with Crippen LogP contribution in [0.25, 0.3) is 0 Å². The minimum Gasteiger partial charge on any atom is -0.326 e. The van der Waals surface area contributed by atoms with E-state index in [1.54, 1.807) is 0 Å². The van der Waals surface area contributed by atoms with Crippen molar-refractivity contribution in [1.29, 1.82) is 0 Å². The van der Waals surface area contributed by atoms with Gasteiger partial charge in [-0.15, -0.1) is 0 Å². The Bertz CT molecular complexity index is 358. The van der Waals surface area contributed by atoms with Gasteiger partial charge >= 0.3 is 0 Å². The summed E-state index contributed by atoms with van der Waals surface area (Å²) >= 11 is 0. The normalized spacial score (nSPS) is 12.2. The quantitative estimate of drug-likeness (QED) is 0.811. The highest BCUT2D eigenvalue weighted by Crippen LogP contribution is 2.21. The van der Waals surface area contributed by atoms with Gasteiger partial charge in [-0.3, -0.25) is 0 Å². The van der Waals surface area contributed by atoms with Crippen molar-refractivity contribution in [3.05, 3.63) is 34.9 Å². The summed E-state index contributed by atoms with van der Waals surface area (Å²) in [7, 11) is 0. The van der Waals surface area contributed by atoms with E-state index in [1.807, 2.05) is 0 Å². The van der Waals surface area contributed by atoms with Crippen LogP contribution in [0.4, 0.5) is 0 Å². The number of benzene rings is 1. The molecule has 0 amide bonds. The molecule has 96 valence electrons. The first-order valence-corrected chi connectivity index (χ1v) is 6.68. The first-order valence-electron chi connectivity index (χ1n) is 6.68. The molecule has 0 heterocycles. The van der Waals surface area contributed by atoms with Crippen molar-refractivity contribution in [1.82, 2.24) is 0 Å². The summed E-state index contributed by atoms with van der Waals surface area (Å²) in [5, 5.41) is 0. The number of hydrogen-bond acceptors (Lipinski definition) is 1. The van der Waals surface area contributed by atoms with Crippen molar-refractivity contribution < 1.29 is 0 Å². The maximum atomic E-state index is 6.02. The summed E-state index contributed by atoms with van der Waals surface area (Å²) in [6, 6.07) is 6.86. The van der Waals surface area contributed by atoms with Crippen LogP contribution in [0.1, 0.15) is 63.1 Å². The van der Waals surface area contributed by atoms with Gasteiger partial charge in [0.25, 0.3) is 0 Å². The third-order valence-corrected chi connectivity index (χ3v) is 3.31. The molecule has 0 saturated carbocycles. The van der Waals surface area contributed by atoms with Crippen molar-refractivity contribution in [2.45, 2.75) is 65.3 Å². The molecule has 1 aromatic carbocycles. The lowest BCUT2D eigenvalue weighted by Crippen LogP contribution is -2.31. The smallest absolute Gasteiger partial charge is 0.00971 e. The predicted molar refractivity (Wildman–Crippen MR) is 76.5 cm³/mol. The Labute approximate surface area is 106 Å². The van der Waals surface area contributed by atoms with Crippen LogP contribution in [0.2, 0.25) is 0 Å². The van der Waals surface area contributed by atoms with E-state index in [9.17, 15) is 0 Å². The van der Waals surface area contributed by atoms with Crippen molar-refractivity contribution in [2.75, 3.05) is 0 Å². The summed E-state index contributed by atoms with van der Waals surface area (Å²) in [6.45, 7) is 10.9. The van der Waals surface area contributed by atoms with Gasteiger partial charge in [0.15, 0.2) is 0 Å². The van der Waals surface area contributed by atoms with Crippen LogP contribution in [-0.4, -0.2) is 5.54 Å². The molecule has 0 aliphatic carbocycles. The zero-order chi connectivity index (χ0) is 13.1. The summed E-state index contributed by atoms with van der Waals surface area (Å²) < 4.78 is 0. The molecule has 17 heavy (non-hydrogen) atoms. The fourth-order valence-electron chi connectivity index (χ4n) is 2.05. The van der Waals surface area contributed by atoms with Gasteiger partial charge in [-0.25, -0.2) is 0 Å². The fraction of sp³-hybridized carbons (Fsp3) is 0.625. The molecule has 0 aliphatic rings. The molecule has 0 fully saturated rings. The lowest BCUT2D eigenvalue weighted by atomic mass is 9.92. The molecule has 1 aromatic rings. The highest BCUT2D eigenvalue weighted by atomic mass is 14.7. The standard InChI is InChI=1S/C16H27N/c1-12(2)14-9-8-13(3)15(11-14)7-6-10-16(4,5)17/h8-9,11-12H,6-7,10,17H2,1-5H3. The number of nitrogens with two attached hydrogens (primary N) is 1. The predicted octanol–water partition coefficient (Wildman–Crippen LogP) is 4.18. The summed E-state index contributed by atoms with van der Waals surface area (Å²) in [6.07, 6.45) is 3.40. The van der Waals surface area contributed by atoms with Crippen LogP contribution in [0.3, 0.4) is 0 Å². The van der Waals surface area contributed by atoms with Gasteiger partial charge in [0, 0.05) is 5.54 Å². The molecule has 0 spiro atoms. The van der Waals surface area contributed by atoms with Gasteiger partial charge in [-0.1, -0.05) is 32.0 Å². The van der Waals surface area contributed by atoms with Crippen molar-refractivity contribution in [3.8, 4) is 0 Å². The summed E-state index contributed by atoms with van der Waals surface area (Å²) in [5.74, 6) is 0.611. The molecular formula is C16H27N. The van der Waals surface area contributed by atoms with E-state index in [0.717, 1.165) is 12.8 Å². The molecule has 1 heteroatoms. The zero-order valence-electron chi connectivity index (χ0n) is 12.0. The third-order valence-electron chi connectivity index (χ3n) is 3.31. The Morgan fingerprint density at radius 1 is 1.24 bits per heavy atom. The number of rotatable bonds is 5. The highest BCUT2D eigenvalue weighted by molar-refractivity contribution is 5.32. The van der Waals surface area contributed by atoms with E-state index in [1.165, 1.54) is 23.1 Å². The fourth-order valence-corrected chi connectivity index (χ4v) is 2.05. The van der Waals surface area contributed by atoms with Gasteiger partial charge in [-0.2, -0.15) is 0 Å². The molecule has 0 radical (unpaired) electrons. The largest absolute Gasteiger partial charge is 0.326 e. The van der Waals surface area contributed by atoms with Crippen LogP contribution in [0, 0.1) is 6.92 Å². The van der Waals surface area contributed by atoms with E-state index in [2.05, 4.69) is 52.8 Å². The van der Waals surface area contributed by atoms with E-state index >= 15 is 0 Å². The van der Waals surface area contributed by atoms with E-state index in [-0.39, 0.29) is 5.54 Å².